The van der Waals surface area contributed by atoms with Crippen LogP contribution in [0.3, 0.4) is 0 Å². The molecule has 0 bridgehead atoms. The molecule has 0 atom stereocenters. The van der Waals surface area contributed by atoms with Gasteiger partial charge >= 0.3 is 11.9 Å². The smallest absolute Gasteiger partial charge is 0.344 e. The molecule has 0 aliphatic carbocycles. The molecule has 0 fully saturated rings. The van der Waals surface area contributed by atoms with Gasteiger partial charge in [0.25, 0.3) is 0 Å². The summed E-state index contributed by atoms with van der Waals surface area (Å²) in [5.41, 5.74) is 0. The van der Waals surface area contributed by atoms with Crippen LogP contribution in [0.2, 0.25) is 0 Å². The van der Waals surface area contributed by atoms with E-state index < -0.39 is 11.9 Å². The van der Waals surface area contributed by atoms with Gasteiger partial charge in [-0.05, 0) is 12.8 Å². The van der Waals surface area contributed by atoms with Crippen molar-refractivity contribution in [2.45, 2.75) is 104 Å². The average molecular weight is 387 g/mol. The van der Waals surface area contributed by atoms with Crippen LogP contribution in [0.5, 0.6) is 0 Å². The van der Waals surface area contributed by atoms with Crippen molar-refractivity contribution in [2.75, 3.05) is 0 Å². The average Bonchev–Trinajstić information content (AvgIpc) is 2.60. The number of hydrogen-bond donors (Lipinski definition) is 2. The summed E-state index contributed by atoms with van der Waals surface area (Å²) in [5, 5.41) is 0. The highest BCUT2D eigenvalue weighted by Gasteiger charge is 2.02. The van der Waals surface area contributed by atoms with Gasteiger partial charge in [-0.25, -0.2) is 9.59 Å². The summed E-state index contributed by atoms with van der Waals surface area (Å²) in [4.78, 5) is 26.7. The van der Waals surface area contributed by atoms with E-state index in [1.54, 1.807) is 0 Å². The standard InChI is InChI=1S/C10H19FO2.C8H15FO2.2H3N/c1-2-3-4-5-6-7-8-9-10(12)13-11;1-2-3-4-5-6-7-8(10)11-9;;/h2-9H2,1H3;2-7H2,1H3;2*1H3. The van der Waals surface area contributed by atoms with Crippen LogP contribution in [0.4, 0.5) is 9.05 Å². The van der Waals surface area contributed by atoms with E-state index in [9.17, 15) is 18.6 Å². The lowest BCUT2D eigenvalue weighted by Gasteiger charge is -1.98. The normalized spacial score (nSPS) is 9.08. The maximum atomic E-state index is 11.2. The number of unbranched alkanes of at least 4 members (excludes halogenated alkanes) is 10. The fourth-order valence-corrected chi connectivity index (χ4v) is 2.18. The molecule has 8 heteroatoms. The van der Waals surface area contributed by atoms with E-state index in [0.29, 0.717) is 0 Å². The van der Waals surface area contributed by atoms with E-state index in [4.69, 9.17) is 0 Å². The Bertz CT molecular complexity index is 296. The second kappa shape index (κ2) is 28.5. The highest BCUT2D eigenvalue weighted by atomic mass is 19.3. The summed E-state index contributed by atoms with van der Waals surface area (Å²) in [6.07, 6.45) is 13.5. The van der Waals surface area contributed by atoms with Crippen LogP contribution in [0.1, 0.15) is 104 Å². The Labute approximate surface area is 157 Å². The first-order valence-electron chi connectivity index (χ1n) is 9.25. The molecule has 0 aliphatic heterocycles. The van der Waals surface area contributed by atoms with Gasteiger partial charge in [0.1, 0.15) is 0 Å². The van der Waals surface area contributed by atoms with Crippen molar-refractivity contribution in [3.8, 4) is 0 Å². The van der Waals surface area contributed by atoms with Crippen molar-refractivity contribution >= 4 is 11.9 Å². The Morgan fingerprint density at radius 1 is 0.577 bits per heavy atom. The predicted molar refractivity (Wildman–Crippen MR) is 100 cm³/mol. The van der Waals surface area contributed by atoms with E-state index >= 15 is 0 Å². The maximum Gasteiger partial charge on any atom is 0.348 e. The zero-order valence-corrected chi connectivity index (χ0v) is 16.7. The van der Waals surface area contributed by atoms with E-state index in [1.807, 2.05) is 0 Å². The molecule has 0 aliphatic rings. The van der Waals surface area contributed by atoms with Crippen LogP contribution in [0, 0.1) is 0 Å². The molecule has 6 nitrogen and oxygen atoms in total. The fraction of sp³-hybridized carbons (Fsp3) is 0.889. The molecule has 6 N–H and O–H groups in total. The topological polar surface area (TPSA) is 123 Å². The van der Waals surface area contributed by atoms with Crippen LogP contribution in [-0.4, -0.2) is 11.9 Å². The van der Waals surface area contributed by atoms with E-state index in [2.05, 4.69) is 23.7 Å². The minimum Gasteiger partial charge on any atom is -0.344 e. The summed E-state index contributed by atoms with van der Waals surface area (Å²) < 4.78 is 22.3. The first-order valence-corrected chi connectivity index (χ1v) is 9.25. The first kappa shape index (κ1) is 32.4. The molecule has 0 rings (SSSR count). The minimum atomic E-state index is -0.749. The van der Waals surface area contributed by atoms with Gasteiger partial charge < -0.3 is 12.3 Å². The first-order chi connectivity index (χ1) is 11.6. The molecule has 0 saturated carbocycles. The van der Waals surface area contributed by atoms with Gasteiger partial charge in [0.15, 0.2) is 0 Å². The second-order valence-electron chi connectivity index (χ2n) is 5.93. The lowest BCUT2D eigenvalue weighted by molar-refractivity contribution is -0.184. The van der Waals surface area contributed by atoms with Gasteiger partial charge in [0, 0.05) is 21.9 Å². The molecular formula is C18H40F2N2O4. The molecule has 0 aromatic rings. The summed E-state index contributed by atoms with van der Waals surface area (Å²) >= 11 is 0. The molecule has 0 unspecified atom stereocenters. The Hall–Kier alpha value is -1.28. The SMILES string of the molecule is CCCCCCCC(=O)OF.CCCCCCCCCC(=O)OF.N.N. The third kappa shape index (κ3) is 30.6. The van der Waals surface area contributed by atoms with Crippen molar-refractivity contribution < 1.29 is 28.5 Å². The zero-order valence-electron chi connectivity index (χ0n) is 16.7. The van der Waals surface area contributed by atoms with Crippen LogP contribution >= 0.6 is 0 Å². The molecule has 0 spiro atoms. The van der Waals surface area contributed by atoms with E-state index in [1.165, 1.54) is 38.5 Å². The van der Waals surface area contributed by atoms with Crippen LogP contribution in [0.25, 0.3) is 0 Å². The molecule has 0 aromatic carbocycles. The van der Waals surface area contributed by atoms with Crippen molar-refractivity contribution in [1.82, 2.24) is 12.3 Å². The molecule has 0 radical (unpaired) electrons. The van der Waals surface area contributed by atoms with Crippen LogP contribution in [-0.2, 0) is 19.5 Å². The van der Waals surface area contributed by atoms with E-state index in [-0.39, 0.29) is 25.1 Å². The third-order valence-electron chi connectivity index (χ3n) is 3.64. The largest absolute Gasteiger partial charge is 0.348 e. The Morgan fingerprint density at radius 2 is 0.846 bits per heavy atom. The predicted octanol–water partition coefficient (Wildman–Crippen LogP) is 6.65. The van der Waals surface area contributed by atoms with E-state index in [0.717, 1.165) is 38.5 Å². The maximum absolute atomic E-state index is 11.2. The lowest BCUT2D eigenvalue weighted by atomic mass is 10.1. The Balaban J connectivity index is -0.000000175. The van der Waals surface area contributed by atoms with Gasteiger partial charge in [0.05, 0.1) is 0 Å². The summed E-state index contributed by atoms with van der Waals surface area (Å²) in [6, 6.07) is 0. The Morgan fingerprint density at radius 3 is 1.12 bits per heavy atom. The minimum absolute atomic E-state index is 0. The van der Waals surface area contributed by atoms with Crippen molar-refractivity contribution in [1.29, 1.82) is 0 Å². The second-order valence-corrected chi connectivity index (χ2v) is 5.93. The number of carbonyl (C=O) groups is 2. The quantitative estimate of drug-likeness (QED) is 0.322. The molecular weight excluding hydrogens is 346 g/mol. The Kier molecular flexibility index (Phi) is 35.5. The fourth-order valence-electron chi connectivity index (χ4n) is 2.18. The number of halogens is 2. The van der Waals surface area contributed by atoms with Gasteiger partial charge in [0.2, 0.25) is 0 Å². The third-order valence-corrected chi connectivity index (χ3v) is 3.64. The number of rotatable bonds is 14. The summed E-state index contributed by atoms with van der Waals surface area (Å²) in [5.74, 6) is -1.49. The highest BCUT2D eigenvalue weighted by molar-refractivity contribution is 5.68. The number of hydrogen-bond acceptors (Lipinski definition) is 6. The summed E-state index contributed by atoms with van der Waals surface area (Å²) in [6.45, 7) is 4.30. The lowest BCUT2D eigenvalue weighted by Crippen LogP contribution is -1.96. The summed E-state index contributed by atoms with van der Waals surface area (Å²) in [7, 11) is 0. The van der Waals surface area contributed by atoms with Gasteiger partial charge in [-0.1, -0.05) is 78.1 Å². The molecule has 0 saturated heterocycles. The monoisotopic (exact) mass is 386 g/mol. The molecule has 0 heterocycles. The highest BCUT2D eigenvalue weighted by Crippen LogP contribution is 2.08. The van der Waals surface area contributed by atoms with Crippen molar-refractivity contribution in [3.05, 3.63) is 0 Å². The molecule has 0 amide bonds. The zero-order chi connectivity index (χ0) is 18.5. The molecule has 26 heavy (non-hydrogen) atoms. The molecule has 0 aromatic heterocycles. The van der Waals surface area contributed by atoms with Gasteiger partial charge in [-0.2, -0.15) is 0 Å². The van der Waals surface area contributed by atoms with Gasteiger partial charge in [-0.3, -0.25) is 9.88 Å². The van der Waals surface area contributed by atoms with Crippen LogP contribution < -0.4 is 12.3 Å². The van der Waals surface area contributed by atoms with Gasteiger partial charge in [-0.15, -0.1) is 0 Å². The van der Waals surface area contributed by atoms with Crippen LogP contribution in [0.15, 0.2) is 0 Å². The van der Waals surface area contributed by atoms with Crippen molar-refractivity contribution in [3.63, 3.8) is 0 Å². The van der Waals surface area contributed by atoms with Crippen molar-refractivity contribution in [2.24, 2.45) is 0 Å². The number of carbonyl (C=O) groups excluding carboxylic acids is 2. The molecule has 160 valence electrons.